The highest BCUT2D eigenvalue weighted by molar-refractivity contribution is 14.1. The van der Waals surface area contributed by atoms with Crippen LogP contribution < -0.4 is 10.5 Å². The highest BCUT2D eigenvalue weighted by Gasteiger charge is 2.29. The smallest absolute Gasteiger partial charge is 0.140 e. The normalized spacial score (nSPS) is 21.7. The molecule has 3 nitrogen and oxygen atoms in total. The van der Waals surface area contributed by atoms with Gasteiger partial charge in [0.15, 0.2) is 0 Å². The summed E-state index contributed by atoms with van der Waals surface area (Å²) in [6.07, 6.45) is 6.90. The average molecular weight is 366 g/mol. The lowest BCUT2D eigenvalue weighted by Gasteiger charge is -2.33. The number of nitriles is 1. The summed E-state index contributed by atoms with van der Waals surface area (Å²) in [5, 5.41) is 9.21. The maximum Gasteiger partial charge on any atom is 0.140 e. The molecular weight excluding hydrogens is 351 g/mol. The number of nitrogens with two attached hydrogens (primary N) is 1. The number of hydrogen-bond acceptors (Lipinski definition) is 3. The molecule has 1 aromatic rings. The fourth-order valence-corrected chi connectivity index (χ4v) is 2.42. The molecule has 0 aliphatic heterocycles. The summed E-state index contributed by atoms with van der Waals surface area (Å²) in [5.74, 6) is 0.547. The third-order valence-corrected chi connectivity index (χ3v) is 4.31. The van der Waals surface area contributed by atoms with E-state index in [2.05, 4.69) is 34.7 Å². The monoisotopic (exact) mass is 366 g/mol. The Labute approximate surface area is 126 Å². The van der Waals surface area contributed by atoms with Crippen molar-refractivity contribution < 1.29 is 4.74 Å². The summed E-state index contributed by atoms with van der Waals surface area (Å²) >= 11 is 2.11. The fraction of sp³-hybridized carbons (Fsp3) is 0.267. The molecule has 19 heavy (non-hydrogen) atoms. The number of nitrogen functional groups attached to an aromatic ring is 1. The zero-order valence-electron chi connectivity index (χ0n) is 10.9. The molecule has 0 saturated heterocycles. The molecule has 0 radical (unpaired) electrons. The van der Waals surface area contributed by atoms with Crippen molar-refractivity contribution in [3.8, 4) is 11.8 Å². The number of nitrogens with zero attached hydrogens (tertiary/aromatic N) is 1. The highest BCUT2D eigenvalue weighted by atomic mass is 127. The molecule has 0 fully saturated rings. The van der Waals surface area contributed by atoms with Crippen LogP contribution in [0.15, 0.2) is 35.9 Å². The molecule has 98 valence electrons. The van der Waals surface area contributed by atoms with Crippen LogP contribution in [0, 0.1) is 14.9 Å². The van der Waals surface area contributed by atoms with Crippen molar-refractivity contribution in [2.24, 2.45) is 0 Å². The minimum atomic E-state index is -0.417. The van der Waals surface area contributed by atoms with Gasteiger partial charge in [0.25, 0.3) is 0 Å². The first-order valence-electron chi connectivity index (χ1n) is 5.98. The van der Waals surface area contributed by atoms with Gasteiger partial charge in [0, 0.05) is 21.7 Å². The summed E-state index contributed by atoms with van der Waals surface area (Å²) in [5.41, 5.74) is 7.77. The predicted octanol–water partition coefficient (Wildman–Crippen LogP) is 3.79. The Morgan fingerprint density at radius 1 is 1.47 bits per heavy atom. The van der Waals surface area contributed by atoms with Gasteiger partial charge in [0.2, 0.25) is 0 Å². The Bertz CT molecular complexity index is 613. The Morgan fingerprint density at radius 3 is 2.84 bits per heavy atom. The van der Waals surface area contributed by atoms with Crippen LogP contribution in [0.1, 0.15) is 25.8 Å². The number of hydrogen-bond donors (Lipinski definition) is 1. The van der Waals surface area contributed by atoms with Crippen LogP contribution in [0.3, 0.4) is 0 Å². The van der Waals surface area contributed by atoms with Crippen LogP contribution in [0.2, 0.25) is 0 Å². The second kappa shape index (κ2) is 5.25. The van der Waals surface area contributed by atoms with E-state index >= 15 is 0 Å². The Balaban J connectivity index is 2.39. The molecule has 2 N–H and O–H groups in total. The predicted molar refractivity (Wildman–Crippen MR) is 84.8 cm³/mol. The van der Waals surface area contributed by atoms with E-state index in [-0.39, 0.29) is 0 Å². The van der Waals surface area contributed by atoms with Crippen LogP contribution >= 0.6 is 22.6 Å². The lowest BCUT2D eigenvalue weighted by atomic mass is 9.89. The van der Waals surface area contributed by atoms with E-state index in [1.54, 1.807) is 12.1 Å². The molecule has 1 aliphatic carbocycles. The largest absolute Gasteiger partial charge is 0.481 e. The summed E-state index contributed by atoms with van der Waals surface area (Å²) in [4.78, 5) is 0. The number of allylic oxidation sites excluding steroid dienone is 2. The summed E-state index contributed by atoms with van der Waals surface area (Å²) < 4.78 is 6.95. The molecule has 0 aromatic heterocycles. The Hall–Kier alpha value is -1.48. The number of rotatable bonds is 2. The van der Waals surface area contributed by atoms with E-state index in [0.717, 1.165) is 15.6 Å². The van der Waals surface area contributed by atoms with Crippen molar-refractivity contribution in [3.63, 3.8) is 0 Å². The zero-order chi connectivity index (χ0) is 14.0. The minimum Gasteiger partial charge on any atom is -0.481 e. The standard InChI is InChI=1S/C15H15IN2O/c1-10-5-3-4-6-15(10,2)19-14-8-13(18)12(16)7-11(14)9-17/h3-5,7-8H,6,18H2,1-2H3. The van der Waals surface area contributed by atoms with E-state index in [1.807, 2.05) is 26.0 Å². The van der Waals surface area contributed by atoms with Gasteiger partial charge in [-0.2, -0.15) is 5.26 Å². The van der Waals surface area contributed by atoms with Gasteiger partial charge < -0.3 is 10.5 Å². The first kappa shape index (κ1) is 13.9. The van der Waals surface area contributed by atoms with Gasteiger partial charge in [0.1, 0.15) is 17.4 Å². The highest BCUT2D eigenvalue weighted by Crippen LogP contribution is 2.34. The van der Waals surface area contributed by atoms with E-state index in [1.165, 1.54) is 0 Å². The number of benzene rings is 1. The molecule has 2 rings (SSSR count). The maximum atomic E-state index is 9.21. The Kier molecular flexibility index (Phi) is 3.85. The quantitative estimate of drug-likeness (QED) is 0.640. The Morgan fingerprint density at radius 2 is 2.21 bits per heavy atom. The van der Waals surface area contributed by atoms with Gasteiger partial charge in [-0.1, -0.05) is 18.2 Å². The molecule has 1 atom stereocenters. The van der Waals surface area contributed by atoms with Crippen molar-refractivity contribution in [3.05, 3.63) is 45.1 Å². The molecule has 1 unspecified atom stereocenters. The average Bonchev–Trinajstić information content (AvgIpc) is 2.37. The first-order chi connectivity index (χ1) is 8.96. The van der Waals surface area contributed by atoms with E-state index in [4.69, 9.17) is 10.5 Å². The van der Waals surface area contributed by atoms with Crippen LogP contribution in [-0.2, 0) is 0 Å². The molecule has 0 bridgehead atoms. The zero-order valence-corrected chi connectivity index (χ0v) is 13.1. The van der Waals surface area contributed by atoms with Crippen molar-refractivity contribution in [2.45, 2.75) is 25.9 Å². The maximum absolute atomic E-state index is 9.21. The molecule has 4 heteroatoms. The van der Waals surface area contributed by atoms with Gasteiger partial charge in [-0.25, -0.2) is 0 Å². The lowest BCUT2D eigenvalue weighted by Crippen LogP contribution is -2.34. The fourth-order valence-electron chi connectivity index (χ4n) is 1.95. The molecule has 0 heterocycles. The molecule has 1 aromatic carbocycles. The van der Waals surface area contributed by atoms with Gasteiger partial charge >= 0.3 is 0 Å². The van der Waals surface area contributed by atoms with E-state index in [0.29, 0.717) is 17.0 Å². The summed E-state index contributed by atoms with van der Waals surface area (Å²) in [6.45, 7) is 4.06. The summed E-state index contributed by atoms with van der Waals surface area (Å²) in [7, 11) is 0. The van der Waals surface area contributed by atoms with Gasteiger partial charge in [0.05, 0.1) is 5.56 Å². The van der Waals surface area contributed by atoms with Crippen molar-refractivity contribution in [1.29, 1.82) is 5.26 Å². The second-order valence-electron chi connectivity index (χ2n) is 4.80. The number of halogens is 1. The first-order valence-corrected chi connectivity index (χ1v) is 7.06. The van der Waals surface area contributed by atoms with Gasteiger partial charge in [-0.05, 0) is 48.1 Å². The number of anilines is 1. The molecule has 1 aliphatic rings. The molecule has 0 amide bonds. The van der Waals surface area contributed by atoms with Crippen LogP contribution in [-0.4, -0.2) is 5.60 Å². The van der Waals surface area contributed by atoms with Crippen molar-refractivity contribution in [1.82, 2.24) is 0 Å². The van der Waals surface area contributed by atoms with Gasteiger partial charge in [-0.3, -0.25) is 0 Å². The van der Waals surface area contributed by atoms with Crippen molar-refractivity contribution >= 4 is 28.3 Å². The third-order valence-electron chi connectivity index (χ3n) is 3.38. The topological polar surface area (TPSA) is 59.0 Å². The van der Waals surface area contributed by atoms with Crippen LogP contribution in [0.4, 0.5) is 5.69 Å². The van der Waals surface area contributed by atoms with Crippen LogP contribution in [0.25, 0.3) is 0 Å². The van der Waals surface area contributed by atoms with Crippen LogP contribution in [0.5, 0.6) is 5.75 Å². The third kappa shape index (κ3) is 2.76. The van der Waals surface area contributed by atoms with Gasteiger partial charge in [-0.15, -0.1) is 0 Å². The minimum absolute atomic E-state index is 0.417. The molecule has 0 saturated carbocycles. The molecular formula is C15H15IN2O. The van der Waals surface area contributed by atoms with E-state index in [9.17, 15) is 5.26 Å². The SMILES string of the molecule is CC1=CC=CCC1(C)Oc1cc(N)c(I)cc1C#N. The molecule has 0 spiro atoms. The van der Waals surface area contributed by atoms with Crippen molar-refractivity contribution in [2.75, 3.05) is 5.73 Å². The number of ether oxygens (including phenoxy) is 1. The second-order valence-corrected chi connectivity index (χ2v) is 5.96. The lowest BCUT2D eigenvalue weighted by molar-refractivity contribution is 0.129. The summed E-state index contributed by atoms with van der Waals surface area (Å²) in [6, 6.07) is 5.65. The van der Waals surface area contributed by atoms with E-state index < -0.39 is 5.60 Å².